The van der Waals surface area contributed by atoms with Gasteiger partial charge in [0.2, 0.25) is 5.91 Å². The second kappa shape index (κ2) is 8.27. The van der Waals surface area contributed by atoms with E-state index in [1.807, 2.05) is 0 Å². The summed E-state index contributed by atoms with van der Waals surface area (Å²) in [7, 11) is -4.12. The van der Waals surface area contributed by atoms with Crippen molar-refractivity contribution in [1.82, 2.24) is 5.32 Å². The van der Waals surface area contributed by atoms with Crippen LogP contribution in [0.1, 0.15) is 25.7 Å². The Hall–Kier alpha value is -2.81. The normalized spacial score (nSPS) is 23.7. The monoisotopic (exact) mass is 460 g/mol. The summed E-state index contributed by atoms with van der Waals surface area (Å²) in [5.41, 5.74) is 0.212. The summed E-state index contributed by atoms with van der Waals surface area (Å²) < 4.78 is 52.6. The maximum Gasteiger partial charge on any atom is 0.264 e. The van der Waals surface area contributed by atoms with Crippen LogP contribution in [0.4, 0.5) is 10.1 Å². The van der Waals surface area contributed by atoms with Crippen molar-refractivity contribution in [2.24, 2.45) is 11.8 Å². The van der Waals surface area contributed by atoms with Gasteiger partial charge in [-0.05, 0) is 67.5 Å². The number of anilines is 1. The summed E-state index contributed by atoms with van der Waals surface area (Å²) in [6.07, 6.45) is 4.38. The molecule has 9 heteroatoms. The summed E-state index contributed by atoms with van der Waals surface area (Å²) in [6.45, 7) is 0.324. The van der Waals surface area contributed by atoms with Gasteiger partial charge >= 0.3 is 0 Å². The van der Waals surface area contributed by atoms with Crippen molar-refractivity contribution in [3.8, 4) is 11.5 Å². The molecule has 1 heterocycles. The van der Waals surface area contributed by atoms with E-state index in [0.717, 1.165) is 23.6 Å². The molecule has 2 aromatic rings. The first-order valence-electron chi connectivity index (χ1n) is 10.9. The van der Waals surface area contributed by atoms with Crippen LogP contribution in [0.25, 0.3) is 0 Å². The second-order valence-corrected chi connectivity index (χ2v) is 10.5. The van der Waals surface area contributed by atoms with E-state index < -0.39 is 22.4 Å². The third kappa shape index (κ3) is 4.01. The van der Waals surface area contributed by atoms with E-state index in [1.165, 1.54) is 42.8 Å². The Kier molecular flexibility index (Phi) is 5.44. The molecule has 3 aliphatic rings. The van der Waals surface area contributed by atoms with Gasteiger partial charge in [0.05, 0.1) is 10.6 Å². The molecule has 1 N–H and O–H groups in total. The molecule has 32 heavy (non-hydrogen) atoms. The van der Waals surface area contributed by atoms with Crippen molar-refractivity contribution in [2.45, 2.75) is 36.6 Å². The number of hydrogen-bond acceptors (Lipinski definition) is 5. The first kappa shape index (κ1) is 21.1. The lowest BCUT2D eigenvalue weighted by Crippen LogP contribution is -2.46. The zero-order valence-corrected chi connectivity index (χ0v) is 18.3. The van der Waals surface area contributed by atoms with E-state index in [0.29, 0.717) is 36.5 Å². The van der Waals surface area contributed by atoms with Crippen LogP contribution in [0.15, 0.2) is 47.4 Å². The van der Waals surface area contributed by atoms with Crippen LogP contribution in [0.5, 0.6) is 11.5 Å². The summed E-state index contributed by atoms with van der Waals surface area (Å²) in [5, 5.41) is 3.03. The van der Waals surface area contributed by atoms with Crippen LogP contribution in [-0.2, 0) is 14.8 Å². The van der Waals surface area contributed by atoms with Gasteiger partial charge < -0.3 is 14.8 Å². The van der Waals surface area contributed by atoms with E-state index in [2.05, 4.69) is 5.32 Å². The molecule has 7 nitrogen and oxygen atoms in total. The predicted octanol–water partition coefficient (Wildman–Crippen LogP) is 3.10. The number of halogens is 1. The summed E-state index contributed by atoms with van der Waals surface area (Å²) in [5.74, 6) is 1.07. The van der Waals surface area contributed by atoms with E-state index in [4.69, 9.17) is 9.47 Å². The van der Waals surface area contributed by atoms with Gasteiger partial charge in [-0.1, -0.05) is 6.42 Å². The number of fused-ring (bicyclic) bond motifs is 3. The predicted molar refractivity (Wildman–Crippen MR) is 116 cm³/mol. The van der Waals surface area contributed by atoms with Crippen molar-refractivity contribution in [1.29, 1.82) is 0 Å². The Morgan fingerprint density at radius 1 is 1.03 bits per heavy atom. The molecular formula is C23H25FN2O5S. The molecular weight excluding hydrogens is 435 g/mol. The van der Waals surface area contributed by atoms with E-state index in [9.17, 15) is 17.6 Å². The van der Waals surface area contributed by atoms with Gasteiger partial charge in [0.25, 0.3) is 10.0 Å². The number of benzene rings is 2. The summed E-state index contributed by atoms with van der Waals surface area (Å²) in [6, 6.07) is 9.52. The van der Waals surface area contributed by atoms with Crippen LogP contribution < -0.4 is 19.1 Å². The Balaban J connectivity index is 1.42. The molecule has 2 saturated carbocycles. The molecule has 2 aliphatic carbocycles. The van der Waals surface area contributed by atoms with Crippen LogP contribution >= 0.6 is 0 Å². The molecule has 2 fully saturated rings. The van der Waals surface area contributed by atoms with Crippen molar-refractivity contribution >= 4 is 21.6 Å². The number of nitrogens with zero attached hydrogens (tertiary/aromatic N) is 1. The SMILES string of the molecule is O=C(CN(c1ccc(F)cc1)S(=O)(=O)c1ccc2c(c1)OCCO2)N[C@H]1C[C@@H]2CC[C@H]1C2. The average Bonchev–Trinajstić information content (AvgIpc) is 3.41. The first-order valence-corrected chi connectivity index (χ1v) is 12.3. The molecule has 1 aliphatic heterocycles. The highest BCUT2D eigenvalue weighted by atomic mass is 32.2. The molecule has 0 radical (unpaired) electrons. The van der Waals surface area contributed by atoms with Crippen LogP contribution in [0, 0.1) is 17.7 Å². The third-order valence-electron chi connectivity index (χ3n) is 6.59. The smallest absolute Gasteiger partial charge is 0.264 e. The third-order valence-corrected chi connectivity index (χ3v) is 8.36. The zero-order chi connectivity index (χ0) is 22.3. The lowest BCUT2D eigenvalue weighted by Gasteiger charge is -2.27. The zero-order valence-electron chi connectivity index (χ0n) is 17.5. The Labute approximate surface area is 186 Å². The molecule has 170 valence electrons. The molecule has 1 amide bonds. The topological polar surface area (TPSA) is 84.9 Å². The van der Waals surface area contributed by atoms with E-state index in [1.54, 1.807) is 6.07 Å². The number of carbonyl (C=O) groups is 1. The number of nitrogens with one attached hydrogen (secondary N) is 1. The van der Waals surface area contributed by atoms with Crippen LogP contribution in [0.3, 0.4) is 0 Å². The number of carbonyl (C=O) groups excluding carboxylic acids is 1. The average molecular weight is 461 g/mol. The minimum Gasteiger partial charge on any atom is -0.486 e. The molecule has 5 rings (SSSR count). The number of sulfonamides is 1. The Morgan fingerprint density at radius 3 is 2.47 bits per heavy atom. The van der Waals surface area contributed by atoms with Gasteiger partial charge in [-0.25, -0.2) is 12.8 Å². The largest absolute Gasteiger partial charge is 0.486 e. The van der Waals surface area contributed by atoms with Crippen LogP contribution in [0.2, 0.25) is 0 Å². The summed E-state index contributed by atoms with van der Waals surface area (Å²) >= 11 is 0. The lowest BCUT2D eigenvalue weighted by molar-refractivity contribution is -0.120. The molecule has 0 unspecified atom stereocenters. The number of ether oxygens (including phenoxy) is 2. The highest BCUT2D eigenvalue weighted by Crippen LogP contribution is 2.44. The van der Waals surface area contributed by atoms with E-state index >= 15 is 0 Å². The second-order valence-electron chi connectivity index (χ2n) is 8.64. The van der Waals surface area contributed by atoms with Gasteiger partial charge in [-0.3, -0.25) is 9.10 Å². The highest BCUT2D eigenvalue weighted by molar-refractivity contribution is 7.92. The Bertz CT molecular complexity index is 1120. The fourth-order valence-electron chi connectivity index (χ4n) is 5.04. The van der Waals surface area contributed by atoms with Gasteiger partial charge in [0.15, 0.2) is 11.5 Å². The highest BCUT2D eigenvalue weighted by Gasteiger charge is 2.40. The van der Waals surface area contributed by atoms with Crippen molar-refractivity contribution < 1.29 is 27.1 Å². The lowest BCUT2D eigenvalue weighted by atomic mass is 9.95. The van der Waals surface area contributed by atoms with Gasteiger partial charge in [-0.15, -0.1) is 0 Å². The fraction of sp³-hybridized carbons (Fsp3) is 0.435. The van der Waals surface area contributed by atoms with Crippen molar-refractivity contribution in [3.05, 3.63) is 48.3 Å². The maximum absolute atomic E-state index is 13.6. The molecule has 0 aromatic heterocycles. The van der Waals surface area contributed by atoms with Crippen LogP contribution in [-0.4, -0.2) is 40.1 Å². The maximum atomic E-state index is 13.6. The summed E-state index contributed by atoms with van der Waals surface area (Å²) in [4.78, 5) is 12.9. The fourth-order valence-corrected chi connectivity index (χ4v) is 6.48. The number of hydrogen-bond donors (Lipinski definition) is 1. The van der Waals surface area contributed by atoms with Gasteiger partial charge in [0.1, 0.15) is 25.6 Å². The standard InChI is InChI=1S/C23H25FN2O5S/c24-17-3-5-18(6-4-17)26(14-23(27)25-20-12-15-1-2-16(20)11-15)32(28,29)19-7-8-21-22(13-19)31-10-9-30-21/h3-8,13,15-16,20H,1-2,9-12,14H2,(H,25,27)/t15-,16+,20+/m1/s1. The molecule has 2 bridgehead atoms. The van der Waals surface area contributed by atoms with Gasteiger partial charge in [0, 0.05) is 12.1 Å². The number of rotatable bonds is 6. The molecule has 3 atom stereocenters. The molecule has 0 saturated heterocycles. The van der Waals surface area contributed by atoms with E-state index in [-0.39, 0.29) is 22.5 Å². The Morgan fingerprint density at radius 2 is 1.78 bits per heavy atom. The molecule has 2 aromatic carbocycles. The number of amides is 1. The molecule has 0 spiro atoms. The van der Waals surface area contributed by atoms with Crippen molar-refractivity contribution in [3.63, 3.8) is 0 Å². The minimum absolute atomic E-state index is 0.0289. The minimum atomic E-state index is -4.12. The first-order chi connectivity index (χ1) is 15.4. The van der Waals surface area contributed by atoms with Crippen molar-refractivity contribution in [2.75, 3.05) is 24.1 Å². The van der Waals surface area contributed by atoms with Gasteiger partial charge in [-0.2, -0.15) is 0 Å². The quantitative estimate of drug-likeness (QED) is 0.716.